The summed E-state index contributed by atoms with van der Waals surface area (Å²) in [5.41, 5.74) is 2.13. The highest BCUT2D eigenvalue weighted by Crippen LogP contribution is 2.16. The van der Waals surface area contributed by atoms with Crippen molar-refractivity contribution in [1.29, 1.82) is 0 Å². The van der Waals surface area contributed by atoms with E-state index in [0.717, 1.165) is 44.0 Å². The minimum absolute atomic E-state index is 0.790. The molecule has 1 aliphatic heterocycles. The second-order valence-electron chi connectivity index (χ2n) is 5.01. The third-order valence-electron chi connectivity index (χ3n) is 3.62. The molecule has 2 aromatic rings. The molecule has 1 saturated heterocycles. The highest BCUT2D eigenvalue weighted by Gasteiger charge is 2.17. The van der Waals surface area contributed by atoms with Crippen molar-refractivity contribution < 1.29 is 5.21 Å². The topological polar surface area (TPSA) is 53.7 Å². The van der Waals surface area contributed by atoms with E-state index in [4.69, 9.17) is 5.21 Å². The molecule has 1 fully saturated rings. The molecule has 2 heterocycles. The minimum atomic E-state index is 0.790. The van der Waals surface area contributed by atoms with Gasteiger partial charge in [0.05, 0.1) is 12.3 Å². The van der Waals surface area contributed by atoms with Gasteiger partial charge in [0.25, 0.3) is 0 Å². The van der Waals surface area contributed by atoms with Crippen LogP contribution in [0.5, 0.6) is 0 Å². The zero-order valence-corrected chi connectivity index (χ0v) is 11.3. The predicted molar refractivity (Wildman–Crippen MR) is 78.4 cm³/mol. The number of aromatic nitrogens is 2. The highest BCUT2D eigenvalue weighted by atomic mass is 16.4. The van der Waals surface area contributed by atoms with Crippen LogP contribution in [0.15, 0.2) is 47.8 Å². The molecule has 0 amide bonds. The minimum Gasteiger partial charge on any atom is -0.411 e. The molecule has 0 atom stereocenters. The molecule has 0 radical (unpaired) electrons. The van der Waals surface area contributed by atoms with Crippen LogP contribution in [-0.2, 0) is 6.54 Å². The molecule has 0 saturated carbocycles. The summed E-state index contributed by atoms with van der Waals surface area (Å²) < 4.78 is 1.96. The molecule has 104 valence electrons. The van der Waals surface area contributed by atoms with Crippen molar-refractivity contribution in [2.45, 2.75) is 19.4 Å². The van der Waals surface area contributed by atoms with Gasteiger partial charge in [-0.3, -0.25) is 4.68 Å². The average molecular weight is 270 g/mol. The molecule has 1 N–H and O–H groups in total. The molecule has 5 nitrogen and oxygen atoms in total. The molecule has 20 heavy (non-hydrogen) atoms. The second kappa shape index (κ2) is 5.77. The molecule has 1 aromatic heterocycles. The molecule has 3 rings (SSSR count). The highest BCUT2D eigenvalue weighted by molar-refractivity contribution is 5.85. The molecule has 0 aliphatic carbocycles. The van der Waals surface area contributed by atoms with E-state index in [1.807, 2.05) is 35.1 Å². The number of hydrogen-bond acceptors (Lipinski definition) is 4. The van der Waals surface area contributed by atoms with E-state index in [1.165, 1.54) is 5.56 Å². The molecule has 0 bridgehead atoms. The van der Waals surface area contributed by atoms with Crippen LogP contribution in [0.1, 0.15) is 18.4 Å². The van der Waals surface area contributed by atoms with Crippen molar-refractivity contribution in [1.82, 2.24) is 9.78 Å². The molecular formula is C15H18N4O. The maximum absolute atomic E-state index is 8.77. The van der Waals surface area contributed by atoms with Crippen LogP contribution in [0.25, 0.3) is 0 Å². The first-order valence-corrected chi connectivity index (χ1v) is 6.87. The normalized spacial score (nSPS) is 15.4. The van der Waals surface area contributed by atoms with E-state index >= 15 is 0 Å². The van der Waals surface area contributed by atoms with Crippen molar-refractivity contribution in [3.8, 4) is 0 Å². The van der Waals surface area contributed by atoms with Crippen LogP contribution < -0.4 is 4.90 Å². The lowest BCUT2D eigenvalue weighted by atomic mass is 10.1. The fourth-order valence-electron chi connectivity index (χ4n) is 2.47. The third-order valence-corrected chi connectivity index (χ3v) is 3.62. The first-order valence-electron chi connectivity index (χ1n) is 6.87. The maximum atomic E-state index is 8.77. The number of hydrogen-bond donors (Lipinski definition) is 1. The zero-order chi connectivity index (χ0) is 13.8. The number of rotatable bonds is 3. The quantitative estimate of drug-likeness (QED) is 0.688. The monoisotopic (exact) mass is 270 g/mol. The lowest BCUT2D eigenvalue weighted by Gasteiger charge is -2.26. The van der Waals surface area contributed by atoms with Gasteiger partial charge in [-0.15, -0.1) is 0 Å². The summed E-state index contributed by atoms with van der Waals surface area (Å²) in [5, 5.41) is 16.7. The average Bonchev–Trinajstić information content (AvgIpc) is 2.97. The van der Waals surface area contributed by atoms with Crippen molar-refractivity contribution in [2.24, 2.45) is 5.16 Å². The van der Waals surface area contributed by atoms with E-state index in [1.54, 1.807) is 0 Å². The Morgan fingerprint density at radius 2 is 1.85 bits per heavy atom. The van der Waals surface area contributed by atoms with Gasteiger partial charge in [-0.2, -0.15) is 5.10 Å². The second-order valence-corrected chi connectivity index (χ2v) is 5.01. The van der Waals surface area contributed by atoms with E-state index < -0.39 is 0 Å². The van der Waals surface area contributed by atoms with Crippen LogP contribution in [0.4, 0.5) is 5.82 Å². The Balaban J connectivity index is 1.65. The molecule has 1 aromatic carbocycles. The van der Waals surface area contributed by atoms with E-state index in [2.05, 4.69) is 27.3 Å². The van der Waals surface area contributed by atoms with E-state index in [9.17, 15) is 0 Å². The Hall–Kier alpha value is -2.30. The van der Waals surface area contributed by atoms with Gasteiger partial charge in [0.2, 0.25) is 0 Å². The van der Waals surface area contributed by atoms with Gasteiger partial charge in [-0.1, -0.05) is 35.5 Å². The van der Waals surface area contributed by atoms with Gasteiger partial charge < -0.3 is 10.1 Å². The fourth-order valence-corrected chi connectivity index (χ4v) is 2.47. The SMILES string of the molecule is ON=C1CCN(c2ccn(Cc3ccccc3)n2)CC1. The summed E-state index contributed by atoms with van der Waals surface area (Å²) in [6.07, 6.45) is 3.63. The zero-order valence-electron chi connectivity index (χ0n) is 11.3. The Bertz CT molecular complexity index is 581. The fraction of sp³-hybridized carbons (Fsp3) is 0.333. The molecule has 5 heteroatoms. The first kappa shape index (κ1) is 12.7. The lowest BCUT2D eigenvalue weighted by Crippen LogP contribution is -2.34. The van der Waals surface area contributed by atoms with Gasteiger partial charge in [0.1, 0.15) is 0 Å². The molecule has 0 unspecified atom stereocenters. The van der Waals surface area contributed by atoms with E-state index in [-0.39, 0.29) is 0 Å². The van der Waals surface area contributed by atoms with Gasteiger partial charge in [0, 0.05) is 38.2 Å². The summed E-state index contributed by atoms with van der Waals surface area (Å²) in [6, 6.07) is 12.4. The molecule has 1 aliphatic rings. The first-order chi connectivity index (χ1) is 9.85. The summed E-state index contributed by atoms with van der Waals surface area (Å²) in [6.45, 7) is 2.52. The van der Waals surface area contributed by atoms with Gasteiger partial charge in [0.15, 0.2) is 5.82 Å². The number of anilines is 1. The van der Waals surface area contributed by atoms with Crippen molar-refractivity contribution in [2.75, 3.05) is 18.0 Å². The number of benzene rings is 1. The molecular weight excluding hydrogens is 252 g/mol. The summed E-state index contributed by atoms with van der Waals surface area (Å²) in [4.78, 5) is 2.23. The van der Waals surface area contributed by atoms with Crippen LogP contribution in [0, 0.1) is 0 Å². The maximum Gasteiger partial charge on any atom is 0.150 e. The molecule has 0 spiro atoms. The van der Waals surface area contributed by atoms with Crippen LogP contribution >= 0.6 is 0 Å². The largest absolute Gasteiger partial charge is 0.411 e. The number of piperidine rings is 1. The van der Waals surface area contributed by atoms with Gasteiger partial charge in [-0.05, 0) is 5.56 Å². The van der Waals surface area contributed by atoms with Gasteiger partial charge in [-0.25, -0.2) is 0 Å². The number of oxime groups is 1. The predicted octanol–water partition coefficient (Wildman–Crippen LogP) is 2.36. The lowest BCUT2D eigenvalue weighted by molar-refractivity contribution is 0.315. The number of nitrogens with zero attached hydrogens (tertiary/aromatic N) is 4. The Labute approximate surface area is 118 Å². The smallest absolute Gasteiger partial charge is 0.150 e. The van der Waals surface area contributed by atoms with Gasteiger partial charge >= 0.3 is 0 Å². The Kier molecular flexibility index (Phi) is 3.67. The summed E-state index contributed by atoms with van der Waals surface area (Å²) in [5.74, 6) is 0.998. The van der Waals surface area contributed by atoms with Crippen molar-refractivity contribution in [3.05, 3.63) is 48.2 Å². The van der Waals surface area contributed by atoms with Crippen molar-refractivity contribution in [3.63, 3.8) is 0 Å². The van der Waals surface area contributed by atoms with Crippen LogP contribution in [-0.4, -0.2) is 33.8 Å². The Morgan fingerprint density at radius 3 is 2.55 bits per heavy atom. The van der Waals surface area contributed by atoms with Crippen LogP contribution in [0.3, 0.4) is 0 Å². The Morgan fingerprint density at radius 1 is 1.10 bits per heavy atom. The summed E-state index contributed by atoms with van der Waals surface area (Å²) in [7, 11) is 0. The third kappa shape index (κ3) is 2.82. The standard InChI is InChI=1S/C15H18N4O/c20-17-14-6-9-18(10-7-14)15-8-11-19(16-15)12-13-4-2-1-3-5-13/h1-5,8,11,20H,6-7,9-10,12H2. The van der Waals surface area contributed by atoms with Crippen LogP contribution in [0.2, 0.25) is 0 Å². The van der Waals surface area contributed by atoms with E-state index in [0.29, 0.717) is 0 Å². The van der Waals surface area contributed by atoms with Crippen molar-refractivity contribution >= 4 is 11.5 Å². The summed E-state index contributed by atoms with van der Waals surface area (Å²) >= 11 is 0.